The van der Waals surface area contributed by atoms with Crippen LogP contribution in [0.15, 0.2) is 24.4 Å². The predicted molar refractivity (Wildman–Crippen MR) is 71.8 cm³/mol. The third kappa shape index (κ3) is 2.21. The summed E-state index contributed by atoms with van der Waals surface area (Å²) in [5, 5.41) is 13.0. The molecule has 2 aromatic rings. The van der Waals surface area contributed by atoms with Crippen LogP contribution in [0.25, 0.3) is 10.9 Å². The maximum Gasteiger partial charge on any atom is 0.120 e. The van der Waals surface area contributed by atoms with Crippen LogP contribution in [-0.4, -0.2) is 18.1 Å². The van der Waals surface area contributed by atoms with Crippen molar-refractivity contribution in [2.45, 2.75) is 20.0 Å². The van der Waals surface area contributed by atoms with E-state index in [2.05, 4.69) is 16.4 Å². The lowest BCUT2D eigenvalue weighted by Crippen LogP contribution is -2.05. The van der Waals surface area contributed by atoms with Crippen molar-refractivity contribution in [2.75, 3.05) is 12.4 Å². The maximum atomic E-state index is 9.06. The third-order valence-electron chi connectivity index (χ3n) is 2.58. The van der Waals surface area contributed by atoms with Gasteiger partial charge in [-0.3, -0.25) is 4.98 Å². The summed E-state index contributed by atoms with van der Waals surface area (Å²) in [6.45, 7) is 3.96. The highest BCUT2D eigenvalue weighted by Gasteiger charge is 2.08. The molecule has 0 amide bonds. The van der Waals surface area contributed by atoms with Gasteiger partial charge in [0.25, 0.3) is 0 Å². The van der Waals surface area contributed by atoms with Crippen molar-refractivity contribution in [3.05, 3.63) is 30.0 Å². The molecule has 2 rings (SSSR count). The molecule has 0 aliphatic heterocycles. The summed E-state index contributed by atoms with van der Waals surface area (Å²) >= 11 is 0. The highest BCUT2D eigenvalue weighted by atomic mass is 16.5. The number of pyridine rings is 1. The van der Waals surface area contributed by atoms with Gasteiger partial charge in [-0.2, -0.15) is 5.26 Å². The number of anilines is 1. The first kappa shape index (κ1) is 12.2. The fraction of sp³-hybridized carbons (Fsp3) is 0.286. The van der Waals surface area contributed by atoms with Gasteiger partial charge in [0.05, 0.1) is 22.9 Å². The first-order valence-corrected chi connectivity index (χ1v) is 5.83. The molecular weight excluding hydrogens is 226 g/mol. The first-order chi connectivity index (χ1) is 8.65. The zero-order valence-electron chi connectivity index (χ0n) is 10.7. The second kappa shape index (κ2) is 4.92. The molecule has 0 saturated carbocycles. The molecule has 0 bridgehead atoms. The lowest BCUT2D eigenvalue weighted by atomic mass is 10.1. The molecule has 0 fully saturated rings. The highest BCUT2D eigenvalue weighted by Crippen LogP contribution is 2.28. The van der Waals surface area contributed by atoms with Crippen molar-refractivity contribution in [3.8, 4) is 11.8 Å². The molecule has 1 aromatic carbocycles. The van der Waals surface area contributed by atoms with Crippen LogP contribution < -0.4 is 10.1 Å². The van der Waals surface area contributed by atoms with Gasteiger partial charge in [0.15, 0.2) is 0 Å². The van der Waals surface area contributed by atoms with Crippen molar-refractivity contribution < 1.29 is 4.74 Å². The van der Waals surface area contributed by atoms with Gasteiger partial charge < -0.3 is 10.1 Å². The molecule has 0 spiro atoms. The number of nitrogens with one attached hydrogen (secondary N) is 1. The average molecular weight is 241 g/mol. The van der Waals surface area contributed by atoms with E-state index in [1.54, 1.807) is 13.2 Å². The molecule has 92 valence electrons. The molecule has 0 aliphatic rings. The van der Waals surface area contributed by atoms with Crippen LogP contribution in [-0.2, 0) is 0 Å². The number of nitrogens with zero attached hydrogens (tertiary/aromatic N) is 2. The van der Waals surface area contributed by atoms with Gasteiger partial charge in [-0.25, -0.2) is 0 Å². The van der Waals surface area contributed by atoms with Gasteiger partial charge in [0.2, 0.25) is 0 Å². The summed E-state index contributed by atoms with van der Waals surface area (Å²) < 4.78 is 5.66. The predicted octanol–water partition coefficient (Wildman–Crippen LogP) is 2.94. The molecule has 0 radical (unpaired) electrons. The SMILES string of the molecule is CNc1c(C#N)cnc2ccc(OC(C)C)cc12. The number of rotatable bonds is 3. The monoisotopic (exact) mass is 241 g/mol. The summed E-state index contributed by atoms with van der Waals surface area (Å²) in [5.74, 6) is 0.783. The fourth-order valence-electron chi connectivity index (χ4n) is 1.87. The summed E-state index contributed by atoms with van der Waals surface area (Å²) in [5.41, 5.74) is 2.16. The van der Waals surface area contributed by atoms with Gasteiger partial charge in [0.1, 0.15) is 11.8 Å². The molecule has 1 aromatic heterocycles. The van der Waals surface area contributed by atoms with Gasteiger partial charge in [-0.05, 0) is 32.0 Å². The molecular formula is C14H15N3O. The van der Waals surface area contributed by atoms with Gasteiger partial charge in [-0.15, -0.1) is 0 Å². The van der Waals surface area contributed by atoms with E-state index < -0.39 is 0 Å². The van der Waals surface area contributed by atoms with Gasteiger partial charge in [0, 0.05) is 18.6 Å². The van der Waals surface area contributed by atoms with Crippen molar-refractivity contribution in [1.82, 2.24) is 4.98 Å². The van der Waals surface area contributed by atoms with Crippen LogP contribution in [0.5, 0.6) is 5.75 Å². The van der Waals surface area contributed by atoms with Gasteiger partial charge >= 0.3 is 0 Å². The van der Waals surface area contributed by atoms with Crippen LogP contribution in [0, 0.1) is 11.3 Å². The van der Waals surface area contributed by atoms with E-state index in [-0.39, 0.29) is 6.10 Å². The van der Waals surface area contributed by atoms with Gasteiger partial charge in [-0.1, -0.05) is 0 Å². The van der Waals surface area contributed by atoms with E-state index in [4.69, 9.17) is 10.00 Å². The summed E-state index contributed by atoms with van der Waals surface area (Å²) in [6, 6.07) is 7.83. The van der Waals surface area contributed by atoms with Crippen LogP contribution in [0.1, 0.15) is 19.4 Å². The number of ether oxygens (including phenoxy) is 1. The Balaban J connectivity index is 2.62. The molecule has 0 aliphatic carbocycles. The minimum absolute atomic E-state index is 0.118. The number of aromatic nitrogens is 1. The second-order valence-electron chi connectivity index (χ2n) is 4.25. The molecule has 0 atom stereocenters. The molecule has 18 heavy (non-hydrogen) atoms. The number of fused-ring (bicyclic) bond motifs is 1. The zero-order valence-corrected chi connectivity index (χ0v) is 10.7. The molecule has 0 saturated heterocycles. The van der Waals surface area contributed by atoms with Crippen LogP contribution in [0.2, 0.25) is 0 Å². The Hall–Kier alpha value is -2.28. The normalized spacial score (nSPS) is 10.4. The molecule has 0 unspecified atom stereocenters. The Labute approximate surface area is 106 Å². The Bertz CT molecular complexity index is 614. The highest BCUT2D eigenvalue weighted by molar-refractivity contribution is 5.94. The summed E-state index contributed by atoms with van der Waals surface area (Å²) in [4.78, 5) is 4.26. The summed E-state index contributed by atoms with van der Waals surface area (Å²) in [7, 11) is 1.80. The zero-order chi connectivity index (χ0) is 13.1. The lowest BCUT2D eigenvalue weighted by molar-refractivity contribution is 0.243. The quantitative estimate of drug-likeness (QED) is 0.897. The smallest absolute Gasteiger partial charge is 0.120 e. The molecule has 1 heterocycles. The number of benzene rings is 1. The molecule has 4 nitrogen and oxygen atoms in total. The maximum absolute atomic E-state index is 9.06. The Morgan fingerprint density at radius 1 is 1.39 bits per heavy atom. The first-order valence-electron chi connectivity index (χ1n) is 5.83. The van der Waals surface area contributed by atoms with Crippen LogP contribution in [0.3, 0.4) is 0 Å². The number of hydrogen-bond donors (Lipinski definition) is 1. The Morgan fingerprint density at radius 2 is 2.17 bits per heavy atom. The molecule has 1 N–H and O–H groups in total. The third-order valence-corrected chi connectivity index (χ3v) is 2.58. The Kier molecular flexibility index (Phi) is 3.33. The fourth-order valence-corrected chi connectivity index (χ4v) is 1.87. The van der Waals surface area contributed by atoms with E-state index in [9.17, 15) is 0 Å². The van der Waals surface area contributed by atoms with Crippen molar-refractivity contribution >= 4 is 16.6 Å². The van der Waals surface area contributed by atoms with E-state index in [1.165, 1.54) is 0 Å². The minimum Gasteiger partial charge on any atom is -0.491 e. The lowest BCUT2D eigenvalue weighted by Gasteiger charge is -2.12. The van der Waals surface area contributed by atoms with E-state index in [1.807, 2.05) is 32.0 Å². The topological polar surface area (TPSA) is 57.9 Å². The average Bonchev–Trinajstić information content (AvgIpc) is 2.36. The largest absolute Gasteiger partial charge is 0.491 e. The van der Waals surface area contributed by atoms with E-state index in [0.717, 1.165) is 22.3 Å². The number of nitriles is 1. The molecule has 4 heteroatoms. The summed E-state index contributed by atoms with van der Waals surface area (Å²) in [6.07, 6.45) is 1.70. The second-order valence-corrected chi connectivity index (χ2v) is 4.25. The van der Waals surface area contributed by atoms with Crippen molar-refractivity contribution in [1.29, 1.82) is 5.26 Å². The van der Waals surface area contributed by atoms with Crippen LogP contribution in [0.4, 0.5) is 5.69 Å². The Morgan fingerprint density at radius 3 is 2.78 bits per heavy atom. The van der Waals surface area contributed by atoms with E-state index in [0.29, 0.717) is 5.56 Å². The number of hydrogen-bond acceptors (Lipinski definition) is 4. The standard InChI is InChI=1S/C14H15N3O/c1-9(2)18-11-4-5-13-12(6-11)14(16-3)10(7-15)8-17-13/h4-6,8-9H,1-3H3,(H,16,17). The van der Waals surface area contributed by atoms with E-state index >= 15 is 0 Å². The minimum atomic E-state index is 0.118. The van der Waals surface area contributed by atoms with Crippen molar-refractivity contribution in [2.24, 2.45) is 0 Å². The van der Waals surface area contributed by atoms with Crippen molar-refractivity contribution in [3.63, 3.8) is 0 Å². The van der Waals surface area contributed by atoms with Crippen LogP contribution >= 0.6 is 0 Å².